The van der Waals surface area contributed by atoms with Gasteiger partial charge in [0.25, 0.3) is 17.7 Å². The molecule has 268 valence electrons. The minimum atomic E-state index is -1.05. The van der Waals surface area contributed by atoms with E-state index in [0.29, 0.717) is 23.4 Å². The van der Waals surface area contributed by atoms with Crippen LogP contribution in [0.5, 0.6) is 0 Å². The summed E-state index contributed by atoms with van der Waals surface area (Å²) in [5.74, 6) is -2.00. The molecule has 0 saturated carbocycles. The molecule has 3 aromatic rings. The molecule has 10 nitrogen and oxygen atoms in total. The molecule has 5 rings (SSSR count). The van der Waals surface area contributed by atoms with Gasteiger partial charge in [-0.25, -0.2) is 9.56 Å². The third-order valence-corrected chi connectivity index (χ3v) is 8.61. The number of Topliss-reactive ketones (excluding diaryl/α,β-unsaturated/α-hetero) is 1. The van der Waals surface area contributed by atoms with Gasteiger partial charge in [-0.05, 0) is 50.8 Å². The van der Waals surface area contributed by atoms with E-state index in [1.54, 1.807) is 18.3 Å². The maximum Gasteiger partial charge on any atom is 0.259 e. The third kappa shape index (κ3) is 9.46. The third-order valence-electron chi connectivity index (χ3n) is 8.61. The van der Waals surface area contributed by atoms with Crippen LogP contribution in [0.2, 0.25) is 0 Å². The molecule has 3 heterocycles. The molecule has 3 amide bonds. The fourth-order valence-electron chi connectivity index (χ4n) is 5.98. The number of hydrogen-bond donors (Lipinski definition) is 1. The van der Waals surface area contributed by atoms with Crippen molar-refractivity contribution in [3.63, 3.8) is 0 Å². The van der Waals surface area contributed by atoms with Gasteiger partial charge in [0, 0.05) is 24.8 Å². The molecular weight excluding hydrogens is 710 g/mol. The number of nitrogens with one attached hydrogen (secondary N) is 1. The molecule has 1 N–H and O–H groups in total. The number of rotatable bonds is 12. The van der Waals surface area contributed by atoms with Crippen LogP contribution in [0.15, 0.2) is 108 Å². The molecule has 2 aliphatic heterocycles. The lowest BCUT2D eigenvalue weighted by Crippen LogP contribution is -3.00. The molecule has 11 heteroatoms. The second kappa shape index (κ2) is 16.9. The molecule has 0 bridgehead atoms. The SMILES string of the molecule is CC(C)=CC[n+]1ccc(C(=O)N2C=C(c3ccccc3)N([C@@H](Cc3ccccc3)C(=O)NCC(=O)C3=NC(C)(C)CO3)C(=O)[C@H]2C(C)C)cc1.[Br-]. The highest BCUT2D eigenvalue weighted by Gasteiger charge is 2.45. The van der Waals surface area contributed by atoms with E-state index in [4.69, 9.17) is 4.74 Å². The zero-order valence-electron chi connectivity index (χ0n) is 30.0. The monoisotopic (exact) mass is 755 g/mol. The highest BCUT2D eigenvalue weighted by Crippen LogP contribution is 2.33. The lowest BCUT2D eigenvalue weighted by atomic mass is 9.93. The summed E-state index contributed by atoms with van der Waals surface area (Å²) in [6.07, 6.45) is 7.65. The van der Waals surface area contributed by atoms with Crippen molar-refractivity contribution in [2.75, 3.05) is 13.2 Å². The predicted molar refractivity (Wildman–Crippen MR) is 192 cm³/mol. The summed E-state index contributed by atoms with van der Waals surface area (Å²) < 4.78 is 7.47. The average molecular weight is 757 g/mol. The van der Waals surface area contributed by atoms with Crippen molar-refractivity contribution >= 4 is 35.1 Å². The minimum absolute atomic E-state index is 0. The Morgan fingerprint density at radius 3 is 2.20 bits per heavy atom. The van der Waals surface area contributed by atoms with Crippen LogP contribution in [0, 0.1) is 5.92 Å². The number of halogens is 1. The van der Waals surface area contributed by atoms with Crippen LogP contribution in [0.3, 0.4) is 0 Å². The standard InChI is InChI=1S/C40H45N5O5.BrH/c1-27(2)17-20-43-21-18-31(19-22-43)38(48)44-25-33(30-15-11-8-12-16-30)45(39(49)35(44)28(3)4)32(23-29-13-9-7-10-14-29)36(47)41-24-34(46)37-42-40(5,6)26-50-37;/h7-19,21-22,25,28,32,35H,20,23-24,26H2,1-6H3;1H/t32-,35+;/m0./s1. The largest absolute Gasteiger partial charge is 1.00 e. The van der Waals surface area contributed by atoms with Crippen molar-refractivity contribution in [2.45, 2.75) is 72.1 Å². The maximum absolute atomic E-state index is 14.8. The van der Waals surface area contributed by atoms with Crippen molar-refractivity contribution in [1.82, 2.24) is 15.1 Å². The fraction of sp³-hybridized carbons (Fsp3) is 0.350. The van der Waals surface area contributed by atoms with Crippen molar-refractivity contribution in [3.05, 3.63) is 120 Å². The van der Waals surface area contributed by atoms with Gasteiger partial charge in [0.2, 0.25) is 11.7 Å². The van der Waals surface area contributed by atoms with Crippen molar-refractivity contribution in [2.24, 2.45) is 10.9 Å². The number of ketones is 1. The highest BCUT2D eigenvalue weighted by atomic mass is 79.9. The number of amides is 3. The van der Waals surface area contributed by atoms with Crippen LogP contribution in [0.1, 0.15) is 63.0 Å². The summed E-state index contributed by atoms with van der Waals surface area (Å²) in [6, 6.07) is 20.2. The van der Waals surface area contributed by atoms with E-state index in [1.807, 2.05) is 119 Å². The molecule has 51 heavy (non-hydrogen) atoms. The van der Waals surface area contributed by atoms with Crippen molar-refractivity contribution < 1.29 is 45.5 Å². The number of carbonyl (C=O) groups is 4. The van der Waals surface area contributed by atoms with Gasteiger partial charge < -0.3 is 31.9 Å². The summed E-state index contributed by atoms with van der Waals surface area (Å²) >= 11 is 0. The summed E-state index contributed by atoms with van der Waals surface area (Å²) in [5.41, 5.74) is 3.00. The molecule has 0 aliphatic carbocycles. The van der Waals surface area contributed by atoms with E-state index >= 15 is 0 Å². The van der Waals surface area contributed by atoms with Crippen LogP contribution in [0.25, 0.3) is 5.70 Å². The van der Waals surface area contributed by atoms with Crippen LogP contribution in [-0.4, -0.2) is 70.0 Å². The second-order valence-electron chi connectivity index (χ2n) is 13.9. The number of hydrogen-bond acceptors (Lipinski definition) is 6. The van der Waals surface area contributed by atoms with Gasteiger partial charge in [0.15, 0.2) is 18.9 Å². The lowest BCUT2D eigenvalue weighted by Gasteiger charge is -2.44. The molecule has 0 unspecified atom stereocenters. The van der Waals surface area contributed by atoms with E-state index < -0.39 is 35.2 Å². The Hall–Kier alpha value is -4.90. The first-order valence-corrected chi connectivity index (χ1v) is 17.0. The molecule has 2 aliphatic rings. The molecule has 0 radical (unpaired) electrons. The van der Waals surface area contributed by atoms with Gasteiger partial charge in [-0.3, -0.25) is 24.1 Å². The zero-order valence-corrected chi connectivity index (χ0v) is 31.6. The summed E-state index contributed by atoms with van der Waals surface area (Å²) in [7, 11) is 0. The zero-order chi connectivity index (χ0) is 36.0. The Kier molecular flexibility index (Phi) is 12.9. The molecule has 2 atom stereocenters. The number of carbonyl (C=O) groups excluding carboxylic acids is 4. The number of ether oxygens (including phenoxy) is 1. The first kappa shape index (κ1) is 38.9. The highest BCUT2D eigenvalue weighted by molar-refractivity contribution is 6.37. The average Bonchev–Trinajstić information content (AvgIpc) is 3.48. The van der Waals surface area contributed by atoms with Crippen LogP contribution < -0.4 is 26.9 Å². The number of allylic oxidation sites excluding steroid dienone is 2. The number of aromatic nitrogens is 1. The van der Waals surface area contributed by atoms with Crippen LogP contribution in [-0.2, 0) is 32.1 Å². The van der Waals surface area contributed by atoms with Gasteiger partial charge in [0.1, 0.15) is 18.7 Å². The minimum Gasteiger partial charge on any atom is -1.00 e. The van der Waals surface area contributed by atoms with Crippen LogP contribution in [0.4, 0.5) is 0 Å². The number of pyridine rings is 1. The first-order valence-electron chi connectivity index (χ1n) is 17.0. The van der Waals surface area contributed by atoms with Gasteiger partial charge >= 0.3 is 0 Å². The number of aliphatic imine (C=N–C) groups is 1. The Bertz CT molecular complexity index is 1820. The molecule has 1 aromatic heterocycles. The summed E-state index contributed by atoms with van der Waals surface area (Å²) in [6.45, 7) is 12.2. The predicted octanol–water partition coefficient (Wildman–Crippen LogP) is 1.76. The van der Waals surface area contributed by atoms with Crippen molar-refractivity contribution in [1.29, 1.82) is 0 Å². The fourth-order valence-corrected chi connectivity index (χ4v) is 5.98. The second-order valence-corrected chi connectivity index (χ2v) is 13.9. The Labute approximate surface area is 310 Å². The maximum atomic E-state index is 14.8. The Morgan fingerprint density at radius 2 is 1.63 bits per heavy atom. The van der Waals surface area contributed by atoms with Gasteiger partial charge in [-0.2, -0.15) is 0 Å². The summed E-state index contributed by atoms with van der Waals surface area (Å²) in [4.78, 5) is 63.6. The van der Waals surface area contributed by atoms with Gasteiger partial charge in [-0.1, -0.05) is 80.1 Å². The van der Waals surface area contributed by atoms with Crippen LogP contribution >= 0.6 is 0 Å². The van der Waals surface area contributed by atoms with E-state index in [2.05, 4.69) is 16.4 Å². The number of nitrogens with zero attached hydrogens (tertiary/aromatic N) is 4. The Balaban J connectivity index is 0.00000583. The van der Waals surface area contributed by atoms with E-state index in [0.717, 1.165) is 5.56 Å². The molecule has 2 aromatic carbocycles. The topological polar surface area (TPSA) is 112 Å². The van der Waals surface area contributed by atoms with E-state index in [1.165, 1.54) is 15.4 Å². The van der Waals surface area contributed by atoms with Gasteiger partial charge in [0.05, 0.1) is 23.3 Å². The quantitative estimate of drug-likeness (QED) is 0.224. The smallest absolute Gasteiger partial charge is 0.259 e. The molecule has 0 fully saturated rings. The lowest BCUT2D eigenvalue weighted by molar-refractivity contribution is -0.687. The van der Waals surface area contributed by atoms with Crippen molar-refractivity contribution in [3.8, 4) is 0 Å². The van der Waals surface area contributed by atoms with E-state index in [9.17, 15) is 19.2 Å². The van der Waals surface area contributed by atoms with Gasteiger partial charge in [-0.15, -0.1) is 0 Å². The van der Waals surface area contributed by atoms with E-state index in [-0.39, 0.29) is 54.3 Å². The molecular formula is C40H46BrN5O5. The number of benzene rings is 2. The molecule has 0 spiro atoms. The Morgan fingerprint density at radius 1 is 1.00 bits per heavy atom. The summed E-state index contributed by atoms with van der Waals surface area (Å²) in [5, 5.41) is 2.77. The molecule has 0 saturated heterocycles. The normalized spacial score (nSPS) is 17.1. The first-order chi connectivity index (χ1) is 23.8.